The highest BCUT2D eigenvalue weighted by Crippen LogP contribution is 2.33. The third-order valence-corrected chi connectivity index (χ3v) is 3.89. The maximum Gasteiger partial charge on any atom is 0.239 e. The molecule has 1 amide bonds. The fourth-order valence-corrected chi connectivity index (χ4v) is 2.79. The minimum atomic E-state index is -0.0698. The molecule has 7 nitrogen and oxygen atoms in total. The molecular formula is C17H22N4O3. The first-order chi connectivity index (χ1) is 11.7. The predicted molar refractivity (Wildman–Crippen MR) is 90.2 cm³/mol. The van der Waals surface area contributed by atoms with Gasteiger partial charge in [0.1, 0.15) is 0 Å². The number of aryl methyl sites for hydroxylation is 1. The molecule has 2 aromatic rings. The van der Waals surface area contributed by atoms with E-state index in [1.54, 1.807) is 24.1 Å². The summed E-state index contributed by atoms with van der Waals surface area (Å²) < 4.78 is 12.9. The van der Waals surface area contributed by atoms with Crippen molar-refractivity contribution in [2.24, 2.45) is 7.05 Å². The first-order valence-corrected chi connectivity index (χ1v) is 7.96. The van der Waals surface area contributed by atoms with Crippen molar-refractivity contribution in [3.8, 4) is 11.5 Å². The third-order valence-electron chi connectivity index (χ3n) is 3.89. The molecular weight excluding hydrogens is 308 g/mol. The molecule has 7 heteroatoms. The number of aromatic nitrogens is 2. The van der Waals surface area contributed by atoms with Gasteiger partial charge >= 0.3 is 0 Å². The van der Waals surface area contributed by atoms with Crippen LogP contribution in [0.15, 0.2) is 30.5 Å². The van der Waals surface area contributed by atoms with Crippen molar-refractivity contribution in [1.29, 1.82) is 0 Å². The van der Waals surface area contributed by atoms with Gasteiger partial charge in [-0.25, -0.2) is 0 Å². The summed E-state index contributed by atoms with van der Waals surface area (Å²) in [5, 5.41) is 6.99. The van der Waals surface area contributed by atoms with E-state index in [1.807, 2.05) is 25.2 Å². The van der Waals surface area contributed by atoms with Gasteiger partial charge in [-0.3, -0.25) is 14.4 Å². The fraction of sp³-hybridized carbons (Fsp3) is 0.412. The number of hydrogen-bond donors (Lipinski definition) is 1. The number of carbonyl (C=O) groups is 1. The number of fused-ring (bicyclic) bond motifs is 1. The van der Waals surface area contributed by atoms with Crippen molar-refractivity contribution in [1.82, 2.24) is 14.7 Å². The molecule has 2 heterocycles. The molecule has 0 spiro atoms. The van der Waals surface area contributed by atoms with Crippen molar-refractivity contribution in [3.05, 3.63) is 36.0 Å². The number of methoxy groups -OCH3 is 1. The van der Waals surface area contributed by atoms with Crippen LogP contribution < -0.4 is 14.8 Å². The van der Waals surface area contributed by atoms with E-state index in [-0.39, 0.29) is 5.91 Å². The van der Waals surface area contributed by atoms with E-state index in [0.29, 0.717) is 25.5 Å². The average Bonchev–Trinajstić information content (AvgIpc) is 2.94. The molecule has 1 aromatic carbocycles. The van der Waals surface area contributed by atoms with Crippen LogP contribution in [0.3, 0.4) is 0 Å². The zero-order valence-corrected chi connectivity index (χ0v) is 14.0. The molecule has 0 aliphatic carbocycles. The molecule has 0 unspecified atom stereocenters. The van der Waals surface area contributed by atoms with Gasteiger partial charge in [-0.15, -0.1) is 0 Å². The number of carbonyl (C=O) groups excluding carboxylic acids is 1. The van der Waals surface area contributed by atoms with E-state index in [9.17, 15) is 4.79 Å². The highest BCUT2D eigenvalue weighted by atomic mass is 16.5. The Morgan fingerprint density at radius 1 is 1.42 bits per heavy atom. The monoisotopic (exact) mass is 330 g/mol. The maximum absolute atomic E-state index is 12.3. The highest BCUT2D eigenvalue weighted by Gasteiger charge is 2.19. The summed E-state index contributed by atoms with van der Waals surface area (Å²) >= 11 is 0. The fourth-order valence-electron chi connectivity index (χ4n) is 2.79. The molecule has 128 valence electrons. The standard InChI is InChI=1S/C17H22N4O3/c1-20-9-7-15(19-20)18-16(22)12-21-8-4-10-24-17-13(11-21)5-3-6-14(17)23-2/h3,5-7,9H,4,8,10-12H2,1-2H3,(H,18,19,22). The van der Waals surface area contributed by atoms with Gasteiger partial charge in [0.25, 0.3) is 0 Å². The first-order valence-electron chi connectivity index (χ1n) is 7.96. The minimum Gasteiger partial charge on any atom is -0.493 e. The first kappa shape index (κ1) is 16.3. The van der Waals surface area contributed by atoms with Crippen LogP contribution >= 0.6 is 0 Å². The van der Waals surface area contributed by atoms with Crippen molar-refractivity contribution in [2.45, 2.75) is 13.0 Å². The second kappa shape index (κ2) is 7.35. The molecule has 3 rings (SSSR count). The van der Waals surface area contributed by atoms with E-state index in [4.69, 9.17) is 9.47 Å². The number of anilines is 1. The molecule has 1 aromatic heterocycles. The minimum absolute atomic E-state index is 0.0698. The smallest absolute Gasteiger partial charge is 0.239 e. The lowest BCUT2D eigenvalue weighted by Crippen LogP contribution is -2.35. The van der Waals surface area contributed by atoms with Crippen molar-refractivity contribution >= 4 is 11.7 Å². The highest BCUT2D eigenvalue weighted by molar-refractivity contribution is 5.91. The van der Waals surface area contributed by atoms with E-state index in [1.165, 1.54) is 0 Å². The van der Waals surface area contributed by atoms with Crippen LogP contribution in [-0.4, -0.2) is 47.4 Å². The number of nitrogens with zero attached hydrogens (tertiary/aromatic N) is 3. The normalized spacial score (nSPS) is 14.9. The van der Waals surface area contributed by atoms with E-state index in [0.717, 1.165) is 30.0 Å². The van der Waals surface area contributed by atoms with E-state index < -0.39 is 0 Å². The number of hydrogen-bond acceptors (Lipinski definition) is 5. The van der Waals surface area contributed by atoms with Crippen molar-refractivity contribution in [3.63, 3.8) is 0 Å². The molecule has 0 radical (unpaired) electrons. The quantitative estimate of drug-likeness (QED) is 0.923. The number of ether oxygens (including phenoxy) is 2. The van der Waals surface area contributed by atoms with Gasteiger partial charge in [-0.1, -0.05) is 12.1 Å². The molecule has 0 fully saturated rings. The molecule has 1 aliphatic heterocycles. The average molecular weight is 330 g/mol. The van der Waals surface area contributed by atoms with E-state index >= 15 is 0 Å². The summed E-state index contributed by atoms with van der Waals surface area (Å²) in [6, 6.07) is 7.61. The number of amides is 1. The lowest BCUT2D eigenvalue weighted by molar-refractivity contribution is -0.117. The Hall–Kier alpha value is -2.54. The van der Waals surface area contributed by atoms with Crippen molar-refractivity contribution < 1.29 is 14.3 Å². The van der Waals surface area contributed by atoms with Crippen LogP contribution in [-0.2, 0) is 18.4 Å². The second-order valence-electron chi connectivity index (χ2n) is 5.78. The third kappa shape index (κ3) is 3.86. The maximum atomic E-state index is 12.3. The lowest BCUT2D eigenvalue weighted by atomic mass is 10.1. The zero-order chi connectivity index (χ0) is 16.9. The molecule has 1 N–H and O–H groups in total. The predicted octanol–water partition coefficient (Wildman–Crippen LogP) is 1.65. The summed E-state index contributed by atoms with van der Waals surface area (Å²) in [5.41, 5.74) is 1.03. The van der Waals surface area contributed by atoms with Gasteiger partial charge in [-0.2, -0.15) is 5.10 Å². The molecule has 0 bridgehead atoms. The summed E-state index contributed by atoms with van der Waals surface area (Å²) in [5.74, 6) is 2.00. The van der Waals surface area contributed by atoms with Gasteiger partial charge in [0, 0.05) is 38.0 Å². The number of rotatable bonds is 4. The Morgan fingerprint density at radius 2 is 2.29 bits per heavy atom. The Balaban J connectivity index is 1.68. The topological polar surface area (TPSA) is 68.6 Å². The number of para-hydroxylation sites is 1. The van der Waals surface area contributed by atoms with Crippen LogP contribution in [0.5, 0.6) is 11.5 Å². The van der Waals surface area contributed by atoms with Crippen LogP contribution in [0, 0.1) is 0 Å². The molecule has 0 saturated heterocycles. The summed E-state index contributed by atoms with van der Waals surface area (Å²) in [6.45, 7) is 2.35. The summed E-state index contributed by atoms with van der Waals surface area (Å²) in [6.07, 6.45) is 2.65. The Kier molecular flexibility index (Phi) is 5.00. The van der Waals surface area contributed by atoms with Crippen LogP contribution in [0.1, 0.15) is 12.0 Å². The van der Waals surface area contributed by atoms with Gasteiger partial charge in [-0.05, 0) is 12.5 Å². The van der Waals surface area contributed by atoms with Gasteiger partial charge in [0.2, 0.25) is 5.91 Å². The van der Waals surface area contributed by atoms with Crippen LogP contribution in [0.4, 0.5) is 5.82 Å². The molecule has 1 aliphatic rings. The summed E-state index contributed by atoms with van der Waals surface area (Å²) in [7, 11) is 3.45. The Morgan fingerprint density at radius 3 is 3.04 bits per heavy atom. The number of benzene rings is 1. The van der Waals surface area contributed by atoms with Gasteiger partial charge in [0.15, 0.2) is 17.3 Å². The van der Waals surface area contributed by atoms with Crippen LogP contribution in [0.2, 0.25) is 0 Å². The van der Waals surface area contributed by atoms with Crippen molar-refractivity contribution in [2.75, 3.05) is 32.1 Å². The second-order valence-corrected chi connectivity index (χ2v) is 5.78. The largest absolute Gasteiger partial charge is 0.493 e. The Labute approximate surface area is 141 Å². The SMILES string of the molecule is COc1cccc2c1OCCCN(CC(=O)Nc1ccn(C)n1)C2. The van der Waals surface area contributed by atoms with Crippen LogP contribution in [0.25, 0.3) is 0 Å². The van der Waals surface area contributed by atoms with E-state index in [2.05, 4.69) is 15.3 Å². The zero-order valence-electron chi connectivity index (χ0n) is 14.0. The summed E-state index contributed by atoms with van der Waals surface area (Å²) in [4.78, 5) is 14.4. The molecule has 24 heavy (non-hydrogen) atoms. The molecule has 0 saturated carbocycles. The van der Waals surface area contributed by atoms with Gasteiger partial charge < -0.3 is 14.8 Å². The molecule has 0 atom stereocenters. The number of nitrogens with one attached hydrogen (secondary N) is 1. The van der Waals surface area contributed by atoms with Gasteiger partial charge in [0.05, 0.1) is 20.3 Å². The lowest BCUT2D eigenvalue weighted by Gasteiger charge is -2.26. The Bertz CT molecular complexity index is 714.